The van der Waals surface area contributed by atoms with Crippen molar-refractivity contribution in [3.05, 3.63) is 28.8 Å². The zero-order valence-corrected chi connectivity index (χ0v) is 7.99. The van der Waals surface area contributed by atoms with Gasteiger partial charge in [0.1, 0.15) is 11.3 Å². The lowest BCUT2D eigenvalue weighted by atomic mass is 10.3. The molecule has 0 saturated carbocycles. The summed E-state index contributed by atoms with van der Waals surface area (Å²) < 4.78 is 15.7. The topological polar surface area (TPSA) is 20.7 Å². The van der Waals surface area contributed by atoms with Crippen LogP contribution in [-0.4, -0.2) is 9.55 Å². The Morgan fingerprint density at radius 1 is 1.54 bits per heavy atom. The molecule has 0 atom stereocenters. The Morgan fingerprint density at radius 3 is 3.00 bits per heavy atom. The number of rotatable bonds is 1. The quantitative estimate of drug-likeness (QED) is 0.695. The summed E-state index contributed by atoms with van der Waals surface area (Å²) in [4.78, 5) is 2.85. The highest BCUT2D eigenvalue weighted by Gasteiger charge is 2.05. The van der Waals surface area contributed by atoms with Crippen molar-refractivity contribution in [2.45, 2.75) is 13.5 Å². The Labute approximate surface area is 80.0 Å². The summed E-state index contributed by atoms with van der Waals surface area (Å²) in [6.45, 7) is 2.73. The lowest BCUT2D eigenvalue weighted by Gasteiger charge is -1.97. The first-order valence-corrected chi connectivity index (χ1v) is 4.52. The molecule has 68 valence electrons. The highest BCUT2D eigenvalue weighted by atomic mass is 32.1. The minimum atomic E-state index is -0.254. The van der Waals surface area contributed by atoms with Gasteiger partial charge < -0.3 is 9.55 Å². The van der Waals surface area contributed by atoms with Crippen LogP contribution in [0, 0.1) is 10.6 Å². The van der Waals surface area contributed by atoms with E-state index < -0.39 is 0 Å². The number of aromatic amines is 1. The molecule has 1 N–H and O–H groups in total. The predicted octanol–water partition coefficient (Wildman–Crippen LogP) is 2.86. The fourth-order valence-corrected chi connectivity index (χ4v) is 1.79. The Hall–Kier alpha value is -1.16. The zero-order chi connectivity index (χ0) is 9.42. The van der Waals surface area contributed by atoms with Gasteiger partial charge in [-0.3, -0.25) is 0 Å². The smallest absolute Gasteiger partial charge is 0.178 e. The van der Waals surface area contributed by atoms with Gasteiger partial charge in [-0.15, -0.1) is 0 Å². The normalized spacial score (nSPS) is 10.9. The molecule has 4 heteroatoms. The van der Waals surface area contributed by atoms with Crippen LogP contribution >= 0.6 is 12.2 Å². The number of imidazole rings is 1. The number of nitrogens with one attached hydrogen (secondary N) is 1. The van der Waals surface area contributed by atoms with E-state index in [1.807, 2.05) is 17.6 Å². The molecule has 2 aromatic rings. The highest BCUT2D eigenvalue weighted by Crippen LogP contribution is 2.16. The average molecular weight is 196 g/mol. The molecule has 2 rings (SSSR count). The van der Waals surface area contributed by atoms with Crippen LogP contribution in [0.4, 0.5) is 4.39 Å². The maximum Gasteiger partial charge on any atom is 0.178 e. The first kappa shape index (κ1) is 8.44. The van der Waals surface area contributed by atoms with Gasteiger partial charge in [0.25, 0.3) is 0 Å². The van der Waals surface area contributed by atoms with Crippen molar-refractivity contribution < 1.29 is 4.39 Å². The van der Waals surface area contributed by atoms with Crippen molar-refractivity contribution in [1.82, 2.24) is 9.55 Å². The van der Waals surface area contributed by atoms with Gasteiger partial charge in [-0.2, -0.15) is 0 Å². The Kier molecular flexibility index (Phi) is 1.92. The molecule has 0 fully saturated rings. The van der Waals surface area contributed by atoms with Crippen LogP contribution in [0.15, 0.2) is 18.2 Å². The van der Waals surface area contributed by atoms with Crippen LogP contribution in [0.1, 0.15) is 6.92 Å². The summed E-state index contributed by atoms with van der Waals surface area (Å²) in [7, 11) is 0. The van der Waals surface area contributed by atoms with E-state index in [0.29, 0.717) is 10.3 Å². The lowest BCUT2D eigenvalue weighted by Crippen LogP contribution is -1.92. The maximum absolute atomic E-state index is 13.2. The lowest BCUT2D eigenvalue weighted by molar-refractivity contribution is 0.637. The molecule has 0 amide bonds. The highest BCUT2D eigenvalue weighted by molar-refractivity contribution is 7.71. The molecule has 0 aliphatic carbocycles. The van der Waals surface area contributed by atoms with Crippen LogP contribution < -0.4 is 0 Å². The third-order valence-corrected chi connectivity index (χ3v) is 2.40. The number of H-pyrrole nitrogens is 1. The number of fused-ring (bicyclic) bond motifs is 1. The molecule has 0 aliphatic rings. The Bertz CT molecular complexity index is 498. The van der Waals surface area contributed by atoms with E-state index >= 15 is 0 Å². The number of para-hydroxylation sites is 1. The van der Waals surface area contributed by atoms with E-state index in [-0.39, 0.29) is 5.82 Å². The minimum absolute atomic E-state index is 0.254. The summed E-state index contributed by atoms with van der Waals surface area (Å²) in [5.74, 6) is -0.254. The van der Waals surface area contributed by atoms with Crippen molar-refractivity contribution in [3.8, 4) is 0 Å². The molecule has 1 heterocycles. The minimum Gasteiger partial charge on any atom is -0.328 e. The maximum atomic E-state index is 13.2. The first-order chi connectivity index (χ1) is 6.24. The van der Waals surface area contributed by atoms with E-state index in [2.05, 4.69) is 4.98 Å². The number of nitrogens with zero attached hydrogens (tertiary/aromatic N) is 1. The Morgan fingerprint density at radius 2 is 2.31 bits per heavy atom. The van der Waals surface area contributed by atoms with E-state index in [9.17, 15) is 4.39 Å². The number of benzene rings is 1. The standard InChI is InChI=1S/C9H9FN2S/c1-2-12-7-5-3-4-6(10)8(7)11-9(12)13/h3-5H,2H2,1H3,(H,11,13). The summed E-state index contributed by atoms with van der Waals surface area (Å²) in [5, 5.41) is 0. The predicted molar refractivity (Wildman–Crippen MR) is 52.8 cm³/mol. The average Bonchev–Trinajstić information content (AvgIpc) is 2.43. The van der Waals surface area contributed by atoms with E-state index in [1.54, 1.807) is 6.07 Å². The molecule has 2 nitrogen and oxygen atoms in total. The van der Waals surface area contributed by atoms with Gasteiger partial charge in [0.2, 0.25) is 0 Å². The van der Waals surface area contributed by atoms with E-state index in [1.165, 1.54) is 6.07 Å². The first-order valence-electron chi connectivity index (χ1n) is 4.11. The molecule has 0 saturated heterocycles. The van der Waals surface area contributed by atoms with Gasteiger partial charge in [0.15, 0.2) is 4.77 Å². The number of aryl methyl sites for hydroxylation is 1. The van der Waals surface area contributed by atoms with Crippen molar-refractivity contribution in [3.63, 3.8) is 0 Å². The summed E-state index contributed by atoms with van der Waals surface area (Å²) in [5.41, 5.74) is 1.32. The third kappa shape index (κ3) is 1.18. The SMILES string of the molecule is CCn1c(=S)[nH]c2c(F)cccc21. The summed E-state index contributed by atoms with van der Waals surface area (Å²) >= 11 is 5.05. The number of aromatic nitrogens is 2. The molecule has 0 spiro atoms. The van der Waals surface area contributed by atoms with Crippen molar-refractivity contribution in [2.75, 3.05) is 0 Å². The van der Waals surface area contributed by atoms with Crippen molar-refractivity contribution >= 4 is 23.3 Å². The molecule has 0 unspecified atom stereocenters. The Balaban J connectivity index is 2.94. The summed E-state index contributed by atoms with van der Waals surface area (Å²) in [6.07, 6.45) is 0. The third-order valence-electron chi connectivity index (χ3n) is 2.08. The van der Waals surface area contributed by atoms with E-state index in [0.717, 1.165) is 12.1 Å². The van der Waals surface area contributed by atoms with Crippen LogP contribution in [0.3, 0.4) is 0 Å². The molecule has 13 heavy (non-hydrogen) atoms. The van der Waals surface area contributed by atoms with Crippen molar-refractivity contribution in [2.24, 2.45) is 0 Å². The van der Waals surface area contributed by atoms with Crippen LogP contribution in [0.25, 0.3) is 11.0 Å². The molecule has 1 aromatic heterocycles. The number of hydrogen-bond donors (Lipinski definition) is 1. The molecular formula is C9H9FN2S. The molecule has 1 aromatic carbocycles. The van der Waals surface area contributed by atoms with Gasteiger partial charge in [-0.25, -0.2) is 4.39 Å². The molecule has 0 radical (unpaired) electrons. The van der Waals surface area contributed by atoms with Crippen molar-refractivity contribution in [1.29, 1.82) is 0 Å². The molecule has 0 aliphatic heterocycles. The van der Waals surface area contributed by atoms with E-state index in [4.69, 9.17) is 12.2 Å². The zero-order valence-electron chi connectivity index (χ0n) is 7.17. The van der Waals surface area contributed by atoms with Crippen LogP contribution in [0.2, 0.25) is 0 Å². The fraction of sp³-hybridized carbons (Fsp3) is 0.222. The molecule has 0 bridgehead atoms. The van der Waals surface area contributed by atoms with Gasteiger partial charge >= 0.3 is 0 Å². The van der Waals surface area contributed by atoms with Crippen LogP contribution in [-0.2, 0) is 6.54 Å². The number of hydrogen-bond acceptors (Lipinski definition) is 1. The van der Waals surface area contributed by atoms with Gasteiger partial charge in [-0.1, -0.05) is 6.07 Å². The van der Waals surface area contributed by atoms with Gasteiger partial charge in [-0.05, 0) is 31.3 Å². The second-order valence-electron chi connectivity index (χ2n) is 2.81. The van der Waals surface area contributed by atoms with Gasteiger partial charge in [0.05, 0.1) is 5.52 Å². The second-order valence-corrected chi connectivity index (χ2v) is 3.20. The number of halogens is 1. The molecular weight excluding hydrogens is 187 g/mol. The largest absolute Gasteiger partial charge is 0.328 e. The van der Waals surface area contributed by atoms with Crippen LogP contribution in [0.5, 0.6) is 0 Å². The second kappa shape index (κ2) is 2.96. The monoisotopic (exact) mass is 196 g/mol. The summed E-state index contributed by atoms with van der Waals surface area (Å²) in [6, 6.07) is 4.97. The van der Waals surface area contributed by atoms with Gasteiger partial charge in [0, 0.05) is 6.54 Å². The fourth-order valence-electron chi connectivity index (χ4n) is 1.46.